The molecule has 1 amide bonds. The number of aliphatic carboxylic acids is 1. The maximum atomic E-state index is 13.8. The molecule has 0 spiro atoms. The van der Waals surface area contributed by atoms with Crippen molar-refractivity contribution in [2.24, 2.45) is 11.7 Å². The topological polar surface area (TPSA) is 80.4 Å². The van der Waals surface area contributed by atoms with Crippen LogP contribution in [0.15, 0.2) is 0 Å². The van der Waals surface area contributed by atoms with Crippen molar-refractivity contribution in [2.75, 3.05) is 0 Å². The molecule has 4 nitrogen and oxygen atoms in total. The first-order valence-corrected chi connectivity index (χ1v) is 8.69. The van der Waals surface area contributed by atoms with E-state index in [1.165, 1.54) is 0 Å². The molecular weight excluding hydrogens is 573 g/mol. The van der Waals surface area contributed by atoms with E-state index in [0.717, 1.165) is 0 Å². The molecule has 35 heavy (non-hydrogen) atoms. The smallest absolute Gasteiger partial charge is 0.460 e. The van der Waals surface area contributed by atoms with E-state index in [-0.39, 0.29) is 6.92 Å². The Hall–Kier alpha value is -1.90. The van der Waals surface area contributed by atoms with Gasteiger partial charge in [-0.25, -0.2) is 0 Å². The van der Waals surface area contributed by atoms with Gasteiger partial charge in [-0.3, -0.25) is 9.59 Å². The van der Waals surface area contributed by atoms with Crippen molar-refractivity contribution in [1.82, 2.24) is 0 Å². The molecule has 0 bridgehead atoms. The lowest BCUT2D eigenvalue weighted by molar-refractivity contribution is -0.458. The molecule has 2 unspecified atom stereocenters. The van der Waals surface area contributed by atoms with Gasteiger partial charge in [-0.1, -0.05) is 18.7 Å². The molecule has 0 aromatic rings. The Morgan fingerprint density at radius 1 is 0.629 bits per heavy atom. The number of hydrogen-bond acceptors (Lipinski definition) is 3. The number of carbonyl (C=O) groups excluding carboxylic acids is 1. The second-order valence-corrected chi connectivity index (χ2v) is 7.78. The molecular formula is C13H8F17NO3S. The highest BCUT2D eigenvalue weighted by molar-refractivity contribution is 8.01. The first kappa shape index (κ1) is 33.1. The summed E-state index contributed by atoms with van der Waals surface area (Å²) >= 11 is -2.24. The quantitative estimate of drug-likeness (QED) is 0.327. The fraction of sp³-hybridized carbons (Fsp3) is 0.846. The third-order valence-corrected chi connectivity index (χ3v) is 5.54. The minimum absolute atomic E-state index is 0.250. The van der Waals surface area contributed by atoms with Crippen molar-refractivity contribution in [3.63, 3.8) is 0 Å². The molecule has 3 N–H and O–H groups in total. The van der Waals surface area contributed by atoms with Crippen LogP contribution in [-0.2, 0) is 9.59 Å². The molecule has 0 aliphatic rings. The molecule has 0 radical (unpaired) electrons. The zero-order chi connectivity index (χ0) is 29.0. The SMILES string of the molecule is CC(C(=O)O)C(SC(F)(F)C(F)(F)C(F)(F)C(F)(F)C(F)(F)C(F)(F)C(F)(F)C(F)(F)F)C(N)=O. The average molecular weight is 581 g/mol. The second kappa shape index (κ2) is 8.89. The predicted molar refractivity (Wildman–Crippen MR) is 78.1 cm³/mol. The molecule has 0 aromatic heterocycles. The monoisotopic (exact) mass is 581 g/mol. The molecule has 0 heterocycles. The number of halogens is 17. The maximum Gasteiger partial charge on any atom is 0.460 e. The fourth-order valence-electron chi connectivity index (χ4n) is 1.92. The van der Waals surface area contributed by atoms with Crippen molar-refractivity contribution >= 4 is 23.6 Å². The van der Waals surface area contributed by atoms with Crippen molar-refractivity contribution < 1.29 is 89.3 Å². The predicted octanol–water partition coefficient (Wildman–Crippen LogP) is 5.26. The van der Waals surface area contributed by atoms with Crippen LogP contribution in [0.4, 0.5) is 74.6 Å². The maximum absolute atomic E-state index is 13.8. The van der Waals surface area contributed by atoms with Gasteiger partial charge in [0.15, 0.2) is 0 Å². The second-order valence-electron chi connectivity index (χ2n) is 6.53. The number of carbonyl (C=O) groups is 2. The van der Waals surface area contributed by atoms with Gasteiger partial charge in [0.1, 0.15) is 5.25 Å². The summed E-state index contributed by atoms with van der Waals surface area (Å²) in [5.74, 6) is -58.3. The van der Waals surface area contributed by atoms with E-state index in [4.69, 9.17) is 5.11 Å². The highest BCUT2D eigenvalue weighted by Gasteiger charge is 2.95. The van der Waals surface area contributed by atoms with E-state index >= 15 is 0 Å². The van der Waals surface area contributed by atoms with Gasteiger partial charge in [-0.05, 0) is 0 Å². The number of carboxylic acid groups (broad SMARTS) is 1. The third-order valence-electron chi connectivity index (χ3n) is 4.09. The minimum atomic E-state index is -8.79. The van der Waals surface area contributed by atoms with Gasteiger partial charge in [0.2, 0.25) is 5.91 Å². The minimum Gasteiger partial charge on any atom is -0.481 e. The van der Waals surface area contributed by atoms with Gasteiger partial charge in [-0.2, -0.15) is 74.6 Å². The van der Waals surface area contributed by atoms with E-state index in [0.29, 0.717) is 0 Å². The summed E-state index contributed by atoms with van der Waals surface area (Å²) in [6, 6.07) is 0. The van der Waals surface area contributed by atoms with Crippen LogP contribution in [0.1, 0.15) is 6.92 Å². The lowest BCUT2D eigenvalue weighted by Crippen LogP contribution is -2.74. The van der Waals surface area contributed by atoms with Crippen molar-refractivity contribution in [1.29, 1.82) is 0 Å². The van der Waals surface area contributed by atoms with Crippen molar-refractivity contribution in [2.45, 2.75) is 59.1 Å². The standard InChI is InChI=1S/C13H8F17NO3S/c1-2(5(33)34)3(4(31)32)35-13(29,30)11(24,25)9(20,21)7(16,17)6(14,15)8(18,19)10(22,23)12(26,27)28/h2-3H,1H3,(H2,31,32)(H,33,34). The van der Waals surface area contributed by atoms with E-state index in [1.54, 1.807) is 0 Å². The normalized spacial score (nSPS) is 17.2. The highest BCUT2D eigenvalue weighted by atomic mass is 32.2. The molecule has 0 rings (SSSR count). The number of alkyl halides is 17. The van der Waals surface area contributed by atoms with Crippen LogP contribution < -0.4 is 5.73 Å². The number of hydrogen-bond donors (Lipinski definition) is 2. The number of thioether (sulfide) groups is 1. The van der Waals surface area contributed by atoms with E-state index in [9.17, 15) is 84.2 Å². The Morgan fingerprint density at radius 3 is 1.17 bits per heavy atom. The number of amides is 1. The molecule has 0 saturated heterocycles. The number of primary amides is 1. The molecule has 0 aliphatic carbocycles. The van der Waals surface area contributed by atoms with E-state index < -0.39 is 81.8 Å². The highest BCUT2D eigenvalue weighted by Crippen LogP contribution is 2.65. The summed E-state index contributed by atoms with van der Waals surface area (Å²) < 4.78 is 224. The molecule has 22 heteroatoms. The Morgan fingerprint density at radius 2 is 0.914 bits per heavy atom. The summed E-state index contributed by atoms with van der Waals surface area (Å²) in [7, 11) is 0. The number of carboxylic acids is 1. The summed E-state index contributed by atoms with van der Waals surface area (Å²) in [6.07, 6.45) is -7.87. The van der Waals surface area contributed by atoms with Crippen LogP contribution >= 0.6 is 11.8 Å². The van der Waals surface area contributed by atoms with Gasteiger partial charge in [0, 0.05) is 0 Å². The molecule has 0 aromatic carbocycles. The lowest BCUT2D eigenvalue weighted by Gasteiger charge is -2.43. The zero-order valence-corrected chi connectivity index (χ0v) is 16.6. The van der Waals surface area contributed by atoms with E-state index in [2.05, 4.69) is 5.73 Å². The number of nitrogens with two attached hydrogens (primary N) is 1. The first-order valence-electron chi connectivity index (χ1n) is 7.81. The van der Waals surface area contributed by atoms with Gasteiger partial charge >= 0.3 is 52.9 Å². The average Bonchev–Trinajstić information content (AvgIpc) is 2.63. The molecule has 208 valence electrons. The van der Waals surface area contributed by atoms with Gasteiger partial charge < -0.3 is 10.8 Å². The van der Waals surface area contributed by atoms with Crippen LogP contribution in [0.25, 0.3) is 0 Å². The lowest BCUT2D eigenvalue weighted by atomic mass is 9.91. The third kappa shape index (κ3) is 4.77. The van der Waals surface area contributed by atoms with Gasteiger partial charge in [0.25, 0.3) is 0 Å². The Labute approximate surface area is 185 Å². The Balaban J connectivity index is 6.79. The van der Waals surface area contributed by atoms with Crippen LogP contribution in [-0.4, -0.2) is 69.2 Å². The van der Waals surface area contributed by atoms with Crippen LogP contribution in [0, 0.1) is 5.92 Å². The van der Waals surface area contributed by atoms with Crippen molar-refractivity contribution in [3.8, 4) is 0 Å². The molecule has 0 saturated carbocycles. The molecule has 2 atom stereocenters. The van der Waals surface area contributed by atoms with Crippen LogP contribution in [0.2, 0.25) is 0 Å². The molecule has 0 aliphatic heterocycles. The van der Waals surface area contributed by atoms with Crippen LogP contribution in [0.3, 0.4) is 0 Å². The Bertz CT molecular complexity index is 825. The summed E-state index contributed by atoms with van der Waals surface area (Å²) in [6.45, 7) is 0.250. The fourth-order valence-corrected chi connectivity index (χ4v) is 2.95. The summed E-state index contributed by atoms with van der Waals surface area (Å²) in [5.41, 5.74) is 4.39. The van der Waals surface area contributed by atoms with Gasteiger partial charge in [0.05, 0.1) is 5.92 Å². The van der Waals surface area contributed by atoms with Crippen molar-refractivity contribution in [3.05, 3.63) is 0 Å². The first-order chi connectivity index (χ1) is 14.9. The number of rotatable bonds is 11. The Kier molecular flexibility index (Phi) is 8.41. The van der Waals surface area contributed by atoms with Gasteiger partial charge in [-0.15, -0.1) is 0 Å². The zero-order valence-electron chi connectivity index (χ0n) is 15.8. The summed E-state index contributed by atoms with van der Waals surface area (Å²) in [5, 5.41) is -1.64. The largest absolute Gasteiger partial charge is 0.481 e. The summed E-state index contributed by atoms with van der Waals surface area (Å²) in [4.78, 5) is 21.7. The van der Waals surface area contributed by atoms with Crippen LogP contribution in [0.5, 0.6) is 0 Å². The molecule has 0 fully saturated rings. The van der Waals surface area contributed by atoms with E-state index in [1.807, 2.05) is 0 Å².